The molecule has 1 heterocycles. The molecule has 1 aromatic heterocycles. The van der Waals surface area contributed by atoms with Crippen LogP contribution in [0.4, 0.5) is 0 Å². The molecule has 2 aromatic rings. The Labute approximate surface area is 134 Å². The lowest BCUT2D eigenvalue weighted by Crippen LogP contribution is -2.26. The zero-order valence-corrected chi connectivity index (χ0v) is 13.9. The molecule has 0 unspecified atom stereocenters. The molecule has 2 nitrogen and oxygen atoms in total. The highest BCUT2D eigenvalue weighted by Gasteiger charge is 2.17. The summed E-state index contributed by atoms with van der Waals surface area (Å²) in [6, 6.07) is 7.06. The molecule has 2 rings (SSSR count). The van der Waals surface area contributed by atoms with E-state index in [1.54, 1.807) is 41.5 Å². The molecule has 0 atom stereocenters. The average molecular weight is 379 g/mol. The first-order valence-electron chi connectivity index (χ1n) is 5.41. The summed E-state index contributed by atoms with van der Waals surface area (Å²) >= 11 is 17.0. The lowest BCUT2D eigenvalue weighted by molar-refractivity contribution is 0.0786. The Morgan fingerprint density at radius 1 is 1.42 bits per heavy atom. The number of carbonyl (C=O) groups excluding carboxylic acids is 1. The van der Waals surface area contributed by atoms with Gasteiger partial charge in [-0.15, -0.1) is 11.3 Å². The van der Waals surface area contributed by atoms with Crippen LogP contribution in [0.1, 0.15) is 15.2 Å². The number of carbonyl (C=O) groups is 1. The smallest absolute Gasteiger partial charge is 0.255 e. The SMILES string of the molecule is CN(Cc1cc(Br)cs1)C(=O)c1cccc(Cl)c1Cl. The monoisotopic (exact) mass is 377 g/mol. The second-order valence-corrected chi connectivity index (χ2v) is 6.69. The quantitative estimate of drug-likeness (QED) is 0.728. The maximum atomic E-state index is 12.3. The van der Waals surface area contributed by atoms with Gasteiger partial charge in [0, 0.05) is 21.8 Å². The summed E-state index contributed by atoms with van der Waals surface area (Å²) in [6.45, 7) is 0.540. The van der Waals surface area contributed by atoms with Crippen LogP contribution in [0, 0.1) is 0 Å². The number of hydrogen-bond donors (Lipinski definition) is 0. The highest BCUT2D eigenvalue weighted by Crippen LogP contribution is 2.27. The molecule has 0 saturated heterocycles. The number of nitrogens with zero attached hydrogens (tertiary/aromatic N) is 1. The first kappa shape index (κ1) is 14.9. The van der Waals surface area contributed by atoms with E-state index in [0.717, 1.165) is 9.35 Å². The van der Waals surface area contributed by atoms with Gasteiger partial charge in [0.15, 0.2) is 0 Å². The number of amides is 1. The summed E-state index contributed by atoms with van der Waals surface area (Å²) in [6.07, 6.45) is 0. The van der Waals surface area contributed by atoms with Crippen molar-refractivity contribution in [3.05, 3.63) is 54.6 Å². The zero-order valence-electron chi connectivity index (χ0n) is 9.99. The Kier molecular flexibility index (Phi) is 4.90. The minimum atomic E-state index is -0.142. The summed E-state index contributed by atoms with van der Waals surface area (Å²) in [5.41, 5.74) is 0.423. The van der Waals surface area contributed by atoms with Crippen LogP contribution in [-0.2, 0) is 6.54 Å². The Bertz CT molecular complexity index is 614. The lowest BCUT2D eigenvalue weighted by Gasteiger charge is -2.17. The standard InChI is InChI=1S/C13H10BrCl2NOS/c1-17(6-9-5-8(14)7-19-9)13(18)10-3-2-4-11(15)12(10)16/h2-5,7H,6H2,1H3. The molecule has 0 spiro atoms. The number of benzene rings is 1. The molecule has 0 bridgehead atoms. The van der Waals surface area contributed by atoms with Crippen molar-refractivity contribution in [2.24, 2.45) is 0 Å². The molecule has 0 aliphatic rings. The van der Waals surface area contributed by atoms with E-state index < -0.39 is 0 Å². The Balaban J connectivity index is 2.17. The van der Waals surface area contributed by atoms with E-state index in [4.69, 9.17) is 23.2 Å². The van der Waals surface area contributed by atoms with Gasteiger partial charge >= 0.3 is 0 Å². The molecule has 0 aliphatic heterocycles. The van der Waals surface area contributed by atoms with E-state index in [2.05, 4.69) is 15.9 Å². The largest absolute Gasteiger partial charge is 0.337 e. The van der Waals surface area contributed by atoms with Gasteiger partial charge in [-0.1, -0.05) is 29.3 Å². The highest BCUT2D eigenvalue weighted by molar-refractivity contribution is 9.10. The van der Waals surface area contributed by atoms with Crippen LogP contribution in [0.2, 0.25) is 10.0 Å². The van der Waals surface area contributed by atoms with Crippen molar-refractivity contribution in [3.8, 4) is 0 Å². The lowest BCUT2D eigenvalue weighted by atomic mass is 10.2. The fourth-order valence-electron chi connectivity index (χ4n) is 1.62. The molecule has 6 heteroatoms. The van der Waals surface area contributed by atoms with Crippen molar-refractivity contribution in [3.63, 3.8) is 0 Å². The molecule has 1 amide bonds. The predicted molar refractivity (Wildman–Crippen MR) is 84.3 cm³/mol. The molecule has 100 valence electrons. The van der Waals surface area contributed by atoms with Crippen LogP contribution < -0.4 is 0 Å². The molecular formula is C13H10BrCl2NOS. The third-order valence-electron chi connectivity index (χ3n) is 2.54. The van der Waals surface area contributed by atoms with E-state index in [0.29, 0.717) is 22.2 Å². The second kappa shape index (κ2) is 6.27. The van der Waals surface area contributed by atoms with E-state index >= 15 is 0 Å². The second-order valence-electron chi connectivity index (χ2n) is 3.99. The minimum absolute atomic E-state index is 0.142. The number of hydrogen-bond acceptors (Lipinski definition) is 2. The summed E-state index contributed by atoms with van der Waals surface area (Å²) < 4.78 is 1.02. The van der Waals surface area contributed by atoms with Crippen LogP contribution in [0.5, 0.6) is 0 Å². The van der Waals surface area contributed by atoms with Gasteiger partial charge in [0.05, 0.1) is 22.2 Å². The molecule has 0 saturated carbocycles. The molecule has 0 N–H and O–H groups in total. The van der Waals surface area contributed by atoms with Gasteiger partial charge in [-0.05, 0) is 34.1 Å². The first-order chi connectivity index (χ1) is 8.99. The molecule has 1 aromatic carbocycles. The fourth-order valence-corrected chi connectivity index (χ4v) is 3.50. The maximum Gasteiger partial charge on any atom is 0.255 e. The number of thiophene rings is 1. The van der Waals surface area contributed by atoms with Crippen molar-refractivity contribution in [1.82, 2.24) is 4.90 Å². The van der Waals surface area contributed by atoms with Crippen molar-refractivity contribution in [1.29, 1.82) is 0 Å². The van der Waals surface area contributed by atoms with Gasteiger partial charge in [-0.25, -0.2) is 0 Å². The fraction of sp³-hybridized carbons (Fsp3) is 0.154. The summed E-state index contributed by atoms with van der Waals surface area (Å²) in [5.74, 6) is -0.142. The van der Waals surface area contributed by atoms with Gasteiger partial charge in [0.2, 0.25) is 0 Å². The Morgan fingerprint density at radius 2 is 2.16 bits per heavy atom. The van der Waals surface area contributed by atoms with Gasteiger partial charge in [-0.3, -0.25) is 4.79 Å². The number of rotatable bonds is 3. The first-order valence-corrected chi connectivity index (χ1v) is 7.84. The van der Waals surface area contributed by atoms with Crippen molar-refractivity contribution in [2.45, 2.75) is 6.54 Å². The minimum Gasteiger partial charge on any atom is -0.337 e. The van der Waals surface area contributed by atoms with E-state index in [9.17, 15) is 4.79 Å². The van der Waals surface area contributed by atoms with Gasteiger partial charge in [0.1, 0.15) is 0 Å². The van der Waals surface area contributed by atoms with E-state index in [1.807, 2.05) is 11.4 Å². The van der Waals surface area contributed by atoms with E-state index in [-0.39, 0.29) is 5.91 Å². The van der Waals surface area contributed by atoms with Crippen LogP contribution in [-0.4, -0.2) is 17.9 Å². The Morgan fingerprint density at radius 3 is 2.79 bits per heavy atom. The third-order valence-corrected chi connectivity index (χ3v) is 5.04. The number of halogens is 3. The summed E-state index contributed by atoms with van der Waals surface area (Å²) in [5, 5.41) is 2.67. The third kappa shape index (κ3) is 3.51. The highest BCUT2D eigenvalue weighted by atomic mass is 79.9. The van der Waals surface area contributed by atoms with Gasteiger partial charge in [0.25, 0.3) is 5.91 Å². The normalized spacial score (nSPS) is 10.5. The molecule has 19 heavy (non-hydrogen) atoms. The molecule has 0 fully saturated rings. The van der Waals surface area contributed by atoms with Crippen LogP contribution in [0.3, 0.4) is 0 Å². The van der Waals surface area contributed by atoms with Crippen LogP contribution >= 0.6 is 50.5 Å². The maximum absolute atomic E-state index is 12.3. The predicted octanol–water partition coefficient (Wildman–Crippen LogP) is 5.09. The van der Waals surface area contributed by atoms with Crippen molar-refractivity contribution in [2.75, 3.05) is 7.05 Å². The van der Waals surface area contributed by atoms with Crippen LogP contribution in [0.15, 0.2) is 34.1 Å². The average Bonchev–Trinajstić information content (AvgIpc) is 2.77. The Hall–Kier alpha value is -0.550. The summed E-state index contributed by atoms with van der Waals surface area (Å²) in [7, 11) is 1.74. The topological polar surface area (TPSA) is 20.3 Å². The van der Waals surface area contributed by atoms with Crippen LogP contribution in [0.25, 0.3) is 0 Å². The van der Waals surface area contributed by atoms with Crippen molar-refractivity contribution < 1.29 is 4.79 Å². The van der Waals surface area contributed by atoms with Gasteiger partial charge in [-0.2, -0.15) is 0 Å². The van der Waals surface area contributed by atoms with Crippen molar-refractivity contribution >= 4 is 56.4 Å². The van der Waals surface area contributed by atoms with Gasteiger partial charge < -0.3 is 4.90 Å². The molecule has 0 radical (unpaired) electrons. The van der Waals surface area contributed by atoms with E-state index in [1.165, 1.54) is 0 Å². The zero-order chi connectivity index (χ0) is 14.0. The molecular weight excluding hydrogens is 369 g/mol. The molecule has 0 aliphatic carbocycles. The summed E-state index contributed by atoms with van der Waals surface area (Å²) in [4.78, 5) is 15.0.